The lowest BCUT2D eigenvalue weighted by molar-refractivity contribution is -0.159. The number of hydrogen-bond donors (Lipinski definition) is 1. The summed E-state index contributed by atoms with van der Waals surface area (Å²) >= 11 is 0. The molecule has 3 nitrogen and oxygen atoms in total. The second-order valence-electron chi connectivity index (χ2n) is 5.70. The predicted molar refractivity (Wildman–Crippen MR) is 67.6 cm³/mol. The lowest BCUT2D eigenvalue weighted by atomic mass is 9.76. The van der Waals surface area contributed by atoms with Crippen molar-refractivity contribution in [2.45, 2.75) is 71.5 Å². The molecule has 0 aromatic heterocycles. The van der Waals surface area contributed by atoms with Gasteiger partial charge in [0, 0.05) is 0 Å². The largest absolute Gasteiger partial charge is 0.462 e. The van der Waals surface area contributed by atoms with Gasteiger partial charge in [-0.25, -0.2) is 0 Å². The summed E-state index contributed by atoms with van der Waals surface area (Å²) < 4.78 is 5.47. The van der Waals surface area contributed by atoms with Crippen molar-refractivity contribution in [2.24, 2.45) is 11.8 Å². The van der Waals surface area contributed by atoms with Gasteiger partial charge in [-0.2, -0.15) is 0 Å². The van der Waals surface area contributed by atoms with Crippen molar-refractivity contribution in [1.29, 1.82) is 0 Å². The molecule has 1 atom stereocenters. The molecule has 100 valence electrons. The lowest BCUT2D eigenvalue weighted by Gasteiger charge is -2.38. The van der Waals surface area contributed by atoms with E-state index in [0.717, 1.165) is 32.1 Å². The average Bonchev–Trinajstić information content (AvgIpc) is 2.31. The van der Waals surface area contributed by atoms with Gasteiger partial charge >= 0.3 is 5.97 Å². The normalized spacial score (nSPS) is 31.3. The first-order chi connectivity index (χ1) is 7.89. The fourth-order valence-corrected chi connectivity index (χ4v) is 2.23. The Kier molecular flexibility index (Phi) is 4.99. The number of carbonyl (C=O) groups is 1. The lowest BCUT2D eigenvalue weighted by Crippen LogP contribution is -2.41. The van der Waals surface area contributed by atoms with Gasteiger partial charge in [0.05, 0.1) is 11.5 Å². The van der Waals surface area contributed by atoms with E-state index in [0.29, 0.717) is 0 Å². The summed E-state index contributed by atoms with van der Waals surface area (Å²) in [5, 5.41) is 10.3. The van der Waals surface area contributed by atoms with Crippen LogP contribution in [0, 0.1) is 11.8 Å². The smallest absolute Gasteiger partial charge is 0.308 e. The maximum Gasteiger partial charge on any atom is 0.308 e. The first-order valence-electron chi connectivity index (χ1n) is 6.82. The zero-order valence-corrected chi connectivity index (χ0v) is 11.5. The number of rotatable bonds is 4. The maximum atomic E-state index is 11.7. The zero-order valence-electron chi connectivity index (χ0n) is 11.5. The Bertz CT molecular complexity index is 252. The van der Waals surface area contributed by atoms with Crippen molar-refractivity contribution >= 4 is 5.97 Å². The van der Waals surface area contributed by atoms with Gasteiger partial charge in [0.2, 0.25) is 0 Å². The van der Waals surface area contributed by atoms with E-state index in [1.54, 1.807) is 0 Å². The number of aliphatic hydroxyl groups is 1. The van der Waals surface area contributed by atoms with Crippen LogP contribution in [-0.4, -0.2) is 22.8 Å². The Morgan fingerprint density at radius 1 is 1.35 bits per heavy atom. The van der Waals surface area contributed by atoms with E-state index in [-0.39, 0.29) is 23.9 Å². The van der Waals surface area contributed by atoms with E-state index in [4.69, 9.17) is 4.74 Å². The molecule has 0 bridgehead atoms. The van der Waals surface area contributed by atoms with E-state index in [1.807, 2.05) is 27.7 Å². The van der Waals surface area contributed by atoms with Crippen molar-refractivity contribution in [3.8, 4) is 0 Å². The molecule has 1 aliphatic carbocycles. The van der Waals surface area contributed by atoms with Gasteiger partial charge in [-0.3, -0.25) is 4.79 Å². The van der Waals surface area contributed by atoms with Crippen molar-refractivity contribution < 1.29 is 14.6 Å². The van der Waals surface area contributed by atoms with Crippen LogP contribution in [0.4, 0.5) is 0 Å². The molecule has 0 heterocycles. The van der Waals surface area contributed by atoms with Crippen LogP contribution in [-0.2, 0) is 9.53 Å². The van der Waals surface area contributed by atoms with Crippen LogP contribution in [0.25, 0.3) is 0 Å². The van der Waals surface area contributed by atoms with E-state index in [9.17, 15) is 9.90 Å². The first-order valence-corrected chi connectivity index (χ1v) is 6.82. The van der Waals surface area contributed by atoms with E-state index in [2.05, 4.69) is 0 Å². The van der Waals surface area contributed by atoms with Crippen LogP contribution in [0.5, 0.6) is 0 Å². The molecule has 1 saturated carbocycles. The average molecular weight is 242 g/mol. The Balaban J connectivity index is 2.40. The summed E-state index contributed by atoms with van der Waals surface area (Å²) in [6.07, 6.45) is 3.89. The van der Waals surface area contributed by atoms with Crippen molar-refractivity contribution in [2.75, 3.05) is 0 Å². The van der Waals surface area contributed by atoms with Crippen LogP contribution in [0.1, 0.15) is 59.8 Å². The van der Waals surface area contributed by atoms with E-state index in [1.165, 1.54) is 0 Å². The predicted octanol–water partition coefficient (Wildman–Crippen LogP) is 2.91. The molecular formula is C14H26O3. The van der Waals surface area contributed by atoms with Crippen LogP contribution in [0.15, 0.2) is 0 Å². The summed E-state index contributed by atoms with van der Waals surface area (Å²) in [5.41, 5.74) is -0.556. The Labute approximate surface area is 105 Å². The molecule has 0 radical (unpaired) electrons. The Hall–Kier alpha value is -0.570. The second kappa shape index (κ2) is 5.85. The van der Waals surface area contributed by atoms with Crippen LogP contribution in [0.2, 0.25) is 0 Å². The molecular weight excluding hydrogens is 216 g/mol. The first kappa shape index (κ1) is 14.5. The molecule has 0 saturated heterocycles. The van der Waals surface area contributed by atoms with Gasteiger partial charge < -0.3 is 9.84 Å². The minimum atomic E-state index is -0.556. The standard InChI is InChI=1S/C14H26O3/c1-5-11(4)13(15)17-12-6-8-14(16,9-7-12)10(2)3/h10-12,16H,5-9H2,1-4H3. The fourth-order valence-electron chi connectivity index (χ4n) is 2.23. The summed E-state index contributed by atoms with van der Waals surface area (Å²) in [7, 11) is 0. The third kappa shape index (κ3) is 3.70. The van der Waals surface area contributed by atoms with Crippen molar-refractivity contribution in [1.82, 2.24) is 0 Å². The van der Waals surface area contributed by atoms with Crippen LogP contribution < -0.4 is 0 Å². The summed E-state index contributed by atoms with van der Waals surface area (Å²) in [4.78, 5) is 11.7. The van der Waals surface area contributed by atoms with Crippen LogP contribution in [0.3, 0.4) is 0 Å². The molecule has 0 aromatic carbocycles. The van der Waals surface area contributed by atoms with Gasteiger partial charge in [0.15, 0.2) is 0 Å². The topological polar surface area (TPSA) is 46.5 Å². The molecule has 0 aliphatic heterocycles. The van der Waals surface area contributed by atoms with Crippen molar-refractivity contribution in [3.63, 3.8) is 0 Å². The second-order valence-corrected chi connectivity index (χ2v) is 5.70. The van der Waals surface area contributed by atoms with Gasteiger partial charge in [-0.05, 0) is 38.0 Å². The van der Waals surface area contributed by atoms with E-state index < -0.39 is 5.60 Å². The third-order valence-corrected chi connectivity index (χ3v) is 4.17. The van der Waals surface area contributed by atoms with Gasteiger partial charge in [-0.1, -0.05) is 27.7 Å². The monoisotopic (exact) mass is 242 g/mol. The highest BCUT2D eigenvalue weighted by Gasteiger charge is 2.37. The van der Waals surface area contributed by atoms with Crippen LogP contribution >= 0.6 is 0 Å². The number of ether oxygens (including phenoxy) is 1. The molecule has 3 heteroatoms. The number of carbonyl (C=O) groups excluding carboxylic acids is 1. The zero-order chi connectivity index (χ0) is 13.1. The number of hydrogen-bond acceptors (Lipinski definition) is 3. The molecule has 1 rings (SSSR count). The molecule has 0 spiro atoms. The SMILES string of the molecule is CCC(C)C(=O)OC1CCC(O)(C(C)C)CC1. The maximum absolute atomic E-state index is 11.7. The minimum absolute atomic E-state index is 0.00975. The third-order valence-electron chi connectivity index (χ3n) is 4.17. The minimum Gasteiger partial charge on any atom is -0.462 e. The quantitative estimate of drug-likeness (QED) is 0.771. The Morgan fingerprint density at radius 3 is 2.29 bits per heavy atom. The number of esters is 1. The van der Waals surface area contributed by atoms with E-state index >= 15 is 0 Å². The molecule has 1 fully saturated rings. The molecule has 1 N–H and O–H groups in total. The summed E-state index contributed by atoms with van der Waals surface area (Å²) in [5.74, 6) is 0.169. The summed E-state index contributed by atoms with van der Waals surface area (Å²) in [6.45, 7) is 7.98. The molecule has 0 amide bonds. The molecule has 1 unspecified atom stereocenters. The fraction of sp³-hybridized carbons (Fsp3) is 0.929. The highest BCUT2D eigenvalue weighted by Crippen LogP contribution is 2.35. The van der Waals surface area contributed by atoms with Crippen molar-refractivity contribution in [3.05, 3.63) is 0 Å². The molecule has 1 aliphatic rings. The summed E-state index contributed by atoms with van der Waals surface area (Å²) in [6, 6.07) is 0. The molecule has 0 aromatic rings. The van der Waals surface area contributed by atoms with Gasteiger partial charge in [0.25, 0.3) is 0 Å². The Morgan fingerprint density at radius 2 is 1.88 bits per heavy atom. The molecule has 17 heavy (non-hydrogen) atoms. The highest BCUT2D eigenvalue weighted by atomic mass is 16.5. The van der Waals surface area contributed by atoms with Gasteiger partial charge in [0.1, 0.15) is 6.10 Å². The highest BCUT2D eigenvalue weighted by molar-refractivity contribution is 5.72. The van der Waals surface area contributed by atoms with Gasteiger partial charge in [-0.15, -0.1) is 0 Å².